The number of hydrogen-bond acceptors (Lipinski definition) is 3. The number of thiophene rings is 1. The van der Waals surface area contributed by atoms with E-state index in [1.54, 1.807) is 11.3 Å². The van der Waals surface area contributed by atoms with E-state index >= 15 is 0 Å². The first kappa shape index (κ1) is 12.3. The second-order valence-corrected chi connectivity index (χ2v) is 6.75. The molecule has 1 saturated heterocycles. The summed E-state index contributed by atoms with van der Waals surface area (Å²) in [6.45, 7) is 4.11. The molecule has 5 heteroatoms. The summed E-state index contributed by atoms with van der Waals surface area (Å²) >= 11 is 3.84. The molecule has 2 heterocycles. The Labute approximate surface area is 113 Å². The number of nitrogens with zero attached hydrogens (tertiary/aromatic N) is 1. The van der Waals surface area contributed by atoms with Crippen molar-refractivity contribution >= 4 is 39.8 Å². The minimum atomic E-state index is 0.0540. The fourth-order valence-corrected chi connectivity index (χ4v) is 3.19. The molecule has 0 aromatic carbocycles. The molecule has 1 aromatic heterocycles. The van der Waals surface area contributed by atoms with Crippen molar-refractivity contribution in [3.8, 4) is 0 Å². The molecular weight excluding hydrogens is 335 g/mol. The summed E-state index contributed by atoms with van der Waals surface area (Å²) in [5, 5.41) is 4.87. The second-order valence-electron chi connectivity index (χ2n) is 3.94. The first-order valence-electron chi connectivity index (χ1n) is 5.50. The van der Waals surface area contributed by atoms with Gasteiger partial charge >= 0.3 is 0 Å². The number of likely N-dealkylation sites (tertiary alicyclic amines) is 1. The van der Waals surface area contributed by atoms with Gasteiger partial charge in [-0.15, -0.1) is 11.3 Å². The zero-order valence-corrected chi connectivity index (χ0v) is 12.0. The summed E-state index contributed by atoms with van der Waals surface area (Å²) in [5.74, 6) is 0.0540. The molecule has 1 aromatic rings. The van der Waals surface area contributed by atoms with E-state index < -0.39 is 0 Å². The highest BCUT2D eigenvalue weighted by Crippen LogP contribution is 2.16. The molecule has 3 nitrogen and oxygen atoms in total. The minimum Gasteiger partial charge on any atom is -0.351 e. The van der Waals surface area contributed by atoms with Crippen molar-refractivity contribution in [1.82, 2.24) is 10.2 Å². The fourth-order valence-electron chi connectivity index (χ4n) is 1.86. The highest BCUT2D eigenvalue weighted by molar-refractivity contribution is 14.1. The first-order valence-corrected chi connectivity index (χ1v) is 7.46. The summed E-state index contributed by atoms with van der Waals surface area (Å²) in [4.78, 5) is 14.1. The third kappa shape index (κ3) is 3.43. The van der Waals surface area contributed by atoms with Crippen LogP contribution in [0, 0.1) is 2.88 Å². The molecule has 0 spiro atoms. The minimum absolute atomic E-state index is 0.0540. The van der Waals surface area contributed by atoms with Crippen molar-refractivity contribution < 1.29 is 4.79 Å². The SMILES string of the molecule is O=C(NCCN1CCCC1)c1csc(I)c1. The number of hydrogen-bond donors (Lipinski definition) is 1. The van der Waals surface area contributed by atoms with Crippen LogP contribution in [0.15, 0.2) is 11.4 Å². The summed E-state index contributed by atoms with van der Waals surface area (Å²) < 4.78 is 1.15. The number of carbonyl (C=O) groups is 1. The van der Waals surface area contributed by atoms with E-state index in [-0.39, 0.29) is 5.91 Å². The maximum absolute atomic E-state index is 11.7. The third-order valence-corrected chi connectivity index (χ3v) is 4.53. The lowest BCUT2D eigenvalue weighted by atomic mass is 10.3. The van der Waals surface area contributed by atoms with Gasteiger partial charge in [0.25, 0.3) is 5.91 Å². The Morgan fingerprint density at radius 2 is 2.25 bits per heavy atom. The van der Waals surface area contributed by atoms with Gasteiger partial charge in [-0.05, 0) is 54.6 Å². The van der Waals surface area contributed by atoms with Gasteiger partial charge in [-0.2, -0.15) is 0 Å². The molecule has 0 radical (unpaired) electrons. The monoisotopic (exact) mass is 350 g/mol. The topological polar surface area (TPSA) is 32.3 Å². The molecule has 1 fully saturated rings. The molecule has 0 unspecified atom stereocenters. The van der Waals surface area contributed by atoms with E-state index in [1.165, 1.54) is 25.9 Å². The molecule has 1 amide bonds. The normalized spacial score (nSPS) is 16.6. The Kier molecular flexibility index (Phi) is 4.60. The maximum Gasteiger partial charge on any atom is 0.252 e. The van der Waals surface area contributed by atoms with Gasteiger partial charge in [-0.1, -0.05) is 0 Å². The van der Waals surface area contributed by atoms with Crippen molar-refractivity contribution in [2.45, 2.75) is 12.8 Å². The van der Waals surface area contributed by atoms with Crippen LogP contribution in [0.5, 0.6) is 0 Å². The highest BCUT2D eigenvalue weighted by Gasteiger charge is 2.12. The van der Waals surface area contributed by atoms with Crippen LogP contribution in [0.2, 0.25) is 0 Å². The maximum atomic E-state index is 11.7. The molecule has 1 N–H and O–H groups in total. The summed E-state index contributed by atoms with van der Waals surface area (Å²) in [6, 6.07) is 1.93. The summed E-state index contributed by atoms with van der Waals surface area (Å²) in [5.41, 5.74) is 0.788. The number of nitrogens with one attached hydrogen (secondary N) is 1. The smallest absolute Gasteiger partial charge is 0.252 e. The van der Waals surface area contributed by atoms with Crippen molar-refractivity contribution in [1.29, 1.82) is 0 Å². The summed E-state index contributed by atoms with van der Waals surface area (Å²) in [7, 11) is 0. The number of rotatable bonds is 4. The lowest BCUT2D eigenvalue weighted by Gasteiger charge is -2.14. The van der Waals surface area contributed by atoms with Crippen LogP contribution in [0.25, 0.3) is 0 Å². The second kappa shape index (κ2) is 5.97. The van der Waals surface area contributed by atoms with Crippen LogP contribution in [-0.2, 0) is 0 Å². The molecule has 0 aliphatic carbocycles. The van der Waals surface area contributed by atoms with Gasteiger partial charge in [-0.3, -0.25) is 4.79 Å². The van der Waals surface area contributed by atoms with E-state index in [2.05, 4.69) is 32.8 Å². The van der Waals surface area contributed by atoms with Crippen molar-refractivity contribution in [2.24, 2.45) is 0 Å². The Morgan fingerprint density at radius 3 is 2.88 bits per heavy atom. The molecular formula is C11H15IN2OS. The van der Waals surface area contributed by atoms with Crippen LogP contribution in [0.1, 0.15) is 23.2 Å². The van der Waals surface area contributed by atoms with Gasteiger partial charge < -0.3 is 10.2 Å². The van der Waals surface area contributed by atoms with Crippen LogP contribution >= 0.6 is 33.9 Å². The van der Waals surface area contributed by atoms with E-state index in [0.717, 1.165) is 21.5 Å². The molecule has 88 valence electrons. The predicted octanol–water partition coefficient (Wildman–Crippen LogP) is 2.18. The van der Waals surface area contributed by atoms with Crippen LogP contribution in [0.3, 0.4) is 0 Å². The molecule has 0 saturated carbocycles. The fraction of sp³-hybridized carbons (Fsp3) is 0.545. The van der Waals surface area contributed by atoms with E-state index in [9.17, 15) is 4.79 Å². The van der Waals surface area contributed by atoms with Gasteiger partial charge in [0.05, 0.1) is 8.45 Å². The standard InChI is InChI=1S/C11H15IN2OS/c12-10-7-9(8-16-10)11(15)13-3-6-14-4-1-2-5-14/h7-8H,1-6H2,(H,13,15). The van der Waals surface area contributed by atoms with Crippen LogP contribution in [0.4, 0.5) is 0 Å². The number of carbonyl (C=O) groups excluding carboxylic acids is 1. The largest absolute Gasteiger partial charge is 0.351 e. The third-order valence-electron chi connectivity index (χ3n) is 2.74. The van der Waals surface area contributed by atoms with Crippen molar-refractivity contribution in [3.63, 3.8) is 0 Å². The zero-order valence-electron chi connectivity index (χ0n) is 9.04. The highest BCUT2D eigenvalue weighted by atomic mass is 127. The van der Waals surface area contributed by atoms with E-state index in [4.69, 9.17) is 0 Å². The number of amides is 1. The lowest BCUT2D eigenvalue weighted by molar-refractivity contribution is 0.0950. The molecule has 1 aliphatic rings. The molecule has 1 aliphatic heterocycles. The van der Waals surface area contributed by atoms with Gasteiger partial charge in [0, 0.05) is 18.5 Å². The van der Waals surface area contributed by atoms with Crippen molar-refractivity contribution in [3.05, 3.63) is 19.9 Å². The Hall–Kier alpha value is -0.140. The number of halogens is 1. The predicted molar refractivity (Wildman–Crippen MR) is 75.0 cm³/mol. The summed E-state index contributed by atoms with van der Waals surface area (Å²) in [6.07, 6.45) is 2.60. The van der Waals surface area contributed by atoms with Gasteiger partial charge in [-0.25, -0.2) is 0 Å². The Bertz CT molecular complexity index is 361. The van der Waals surface area contributed by atoms with Gasteiger partial charge in [0.15, 0.2) is 0 Å². The Balaban J connectivity index is 1.71. The zero-order chi connectivity index (χ0) is 11.4. The van der Waals surface area contributed by atoms with Crippen LogP contribution < -0.4 is 5.32 Å². The van der Waals surface area contributed by atoms with E-state index in [1.807, 2.05) is 11.4 Å². The van der Waals surface area contributed by atoms with Crippen LogP contribution in [-0.4, -0.2) is 37.0 Å². The average molecular weight is 350 g/mol. The Morgan fingerprint density at radius 1 is 1.50 bits per heavy atom. The van der Waals surface area contributed by atoms with Gasteiger partial charge in [0.2, 0.25) is 0 Å². The average Bonchev–Trinajstić information content (AvgIpc) is 2.89. The molecule has 16 heavy (non-hydrogen) atoms. The van der Waals surface area contributed by atoms with E-state index in [0.29, 0.717) is 0 Å². The molecule has 0 atom stereocenters. The lowest BCUT2D eigenvalue weighted by Crippen LogP contribution is -2.33. The first-order chi connectivity index (χ1) is 7.75. The molecule has 2 rings (SSSR count). The quantitative estimate of drug-likeness (QED) is 0.845. The van der Waals surface area contributed by atoms with Gasteiger partial charge in [0.1, 0.15) is 0 Å². The molecule has 0 bridgehead atoms. The van der Waals surface area contributed by atoms with Crippen molar-refractivity contribution in [2.75, 3.05) is 26.2 Å².